The van der Waals surface area contributed by atoms with Gasteiger partial charge in [0.1, 0.15) is 6.04 Å². The lowest BCUT2D eigenvalue weighted by atomic mass is 10.0. The van der Waals surface area contributed by atoms with E-state index < -0.39 is 12.0 Å². The molecule has 106 valence electrons. The summed E-state index contributed by atoms with van der Waals surface area (Å²) in [7, 11) is 5.86. The van der Waals surface area contributed by atoms with E-state index in [1.165, 1.54) is 0 Å². The molecule has 1 N–H and O–H groups in total. The highest BCUT2D eigenvalue weighted by molar-refractivity contribution is 5.73. The summed E-state index contributed by atoms with van der Waals surface area (Å²) in [5, 5.41) is 9.26. The second-order valence-electron chi connectivity index (χ2n) is 5.50. The molecule has 1 rings (SSSR count). The van der Waals surface area contributed by atoms with E-state index in [-0.39, 0.29) is 5.92 Å². The van der Waals surface area contributed by atoms with Crippen molar-refractivity contribution in [3.8, 4) is 0 Å². The van der Waals surface area contributed by atoms with E-state index in [1.807, 2.05) is 69.1 Å². The van der Waals surface area contributed by atoms with Crippen molar-refractivity contribution < 1.29 is 9.90 Å². The maximum Gasteiger partial charge on any atom is 0.321 e. The Morgan fingerprint density at radius 3 is 2.05 bits per heavy atom. The van der Waals surface area contributed by atoms with Crippen molar-refractivity contribution in [1.29, 1.82) is 0 Å². The number of likely N-dealkylation sites (N-methyl/N-ethyl adjacent to an activating group) is 1. The zero-order valence-corrected chi connectivity index (χ0v) is 12.4. The van der Waals surface area contributed by atoms with Gasteiger partial charge in [-0.25, -0.2) is 0 Å². The second-order valence-corrected chi connectivity index (χ2v) is 5.50. The molecule has 0 fully saturated rings. The topological polar surface area (TPSA) is 43.8 Å². The Morgan fingerprint density at radius 2 is 1.68 bits per heavy atom. The molecule has 0 amide bonds. The maximum atomic E-state index is 11.3. The molecule has 1 aromatic rings. The van der Waals surface area contributed by atoms with Crippen LogP contribution in [-0.2, 0) is 11.3 Å². The maximum absolute atomic E-state index is 11.3. The number of benzene rings is 1. The third-order valence-corrected chi connectivity index (χ3v) is 3.24. The van der Waals surface area contributed by atoms with Crippen LogP contribution in [0.2, 0.25) is 0 Å². The Kier molecular flexibility index (Phi) is 5.36. The van der Waals surface area contributed by atoms with Crippen LogP contribution >= 0.6 is 0 Å². The first-order valence-electron chi connectivity index (χ1n) is 6.52. The quantitative estimate of drug-likeness (QED) is 0.856. The van der Waals surface area contributed by atoms with Crippen molar-refractivity contribution in [2.24, 2.45) is 5.92 Å². The van der Waals surface area contributed by atoms with Crippen molar-refractivity contribution in [3.63, 3.8) is 0 Å². The van der Waals surface area contributed by atoms with Gasteiger partial charge in [-0.1, -0.05) is 26.0 Å². The number of aliphatic carboxylic acids is 1. The molecule has 0 saturated heterocycles. The van der Waals surface area contributed by atoms with Crippen molar-refractivity contribution >= 4 is 11.7 Å². The van der Waals surface area contributed by atoms with Crippen molar-refractivity contribution in [3.05, 3.63) is 29.8 Å². The van der Waals surface area contributed by atoms with Gasteiger partial charge >= 0.3 is 5.97 Å². The highest BCUT2D eigenvalue weighted by Gasteiger charge is 2.25. The average molecular weight is 264 g/mol. The number of hydrogen-bond donors (Lipinski definition) is 1. The van der Waals surface area contributed by atoms with E-state index >= 15 is 0 Å². The molecule has 0 radical (unpaired) electrons. The van der Waals surface area contributed by atoms with Gasteiger partial charge < -0.3 is 10.0 Å². The predicted molar refractivity (Wildman–Crippen MR) is 78.5 cm³/mol. The standard InChI is InChI=1S/C15H24N2O2/c1-11(2)14(15(18)19)17(5)10-12-6-8-13(9-7-12)16(3)4/h6-9,11,14H,10H2,1-5H3,(H,18,19). The summed E-state index contributed by atoms with van der Waals surface area (Å²) in [6.07, 6.45) is 0. The Hall–Kier alpha value is -1.55. The van der Waals surface area contributed by atoms with Gasteiger partial charge in [0.05, 0.1) is 0 Å². The number of rotatable bonds is 6. The summed E-state index contributed by atoms with van der Waals surface area (Å²) in [5.41, 5.74) is 2.27. The Bertz CT molecular complexity index is 413. The average Bonchev–Trinajstić information content (AvgIpc) is 2.28. The van der Waals surface area contributed by atoms with Gasteiger partial charge in [0, 0.05) is 26.3 Å². The van der Waals surface area contributed by atoms with Crippen molar-refractivity contribution in [2.75, 3.05) is 26.0 Å². The molecule has 19 heavy (non-hydrogen) atoms. The summed E-state index contributed by atoms with van der Waals surface area (Å²) in [6, 6.07) is 7.74. The number of carbonyl (C=O) groups is 1. The number of carboxylic acid groups (broad SMARTS) is 1. The SMILES string of the molecule is CC(C)C(C(=O)O)N(C)Cc1ccc(N(C)C)cc1. The second kappa shape index (κ2) is 6.57. The van der Waals surface area contributed by atoms with E-state index in [4.69, 9.17) is 0 Å². The normalized spacial score (nSPS) is 12.8. The van der Waals surface area contributed by atoms with Crippen LogP contribution in [0.15, 0.2) is 24.3 Å². The molecule has 0 heterocycles. The molecule has 4 nitrogen and oxygen atoms in total. The molecular weight excluding hydrogens is 240 g/mol. The molecular formula is C15H24N2O2. The summed E-state index contributed by atoms with van der Waals surface area (Å²) < 4.78 is 0. The van der Waals surface area contributed by atoms with Crippen LogP contribution in [0.25, 0.3) is 0 Å². The van der Waals surface area contributed by atoms with E-state index in [0.29, 0.717) is 6.54 Å². The van der Waals surface area contributed by atoms with Gasteiger partial charge in [0.25, 0.3) is 0 Å². The van der Waals surface area contributed by atoms with Crippen LogP contribution in [0, 0.1) is 5.92 Å². The van der Waals surface area contributed by atoms with E-state index in [9.17, 15) is 9.90 Å². The molecule has 0 spiro atoms. The minimum atomic E-state index is -0.762. The summed E-state index contributed by atoms with van der Waals surface area (Å²) >= 11 is 0. The summed E-state index contributed by atoms with van der Waals surface area (Å²) in [4.78, 5) is 15.2. The third-order valence-electron chi connectivity index (χ3n) is 3.24. The number of nitrogens with zero attached hydrogens (tertiary/aromatic N) is 2. The zero-order chi connectivity index (χ0) is 14.6. The van der Waals surface area contributed by atoms with Crippen LogP contribution < -0.4 is 4.90 Å². The number of anilines is 1. The molecule has 0 bridgehead atoms. The van der Waals surface area contributed by atoms with Gasteiger partial charge in [0.15, 0.2) is 0 Å². The molecule has 0 aliphatic heterocycles. The Labute approximate surface area is 115 Å². The fraction of sp³-hybridized carbons (Fsp3) is 0.533. The summed E-state index contributed by atoms with van der Waals surface area (Å²) in [6.45, 7) is 4.51. The molecule has 0 aromatic heterocycles. The lowest BCUT2D eigenvalue weighted by Gasteiger charge is -2.27. The zero-order valence-electron chi connectivity index (χ0n) is 12.4. The van der Waals surface area contributed by atoms with Crippen LogP contribution in [0.4, 0.5) is 5.69 Å². The van der Waals surface area contributed by atoms with Crippen LogP contribution in [0.5, 0.6) is 0 Å². The van der Waals surface area contributed by atoms with Crippen LogP contribution in [0.1, 0.15) is 19.4 Å². The highest BCUT2D eigenvalue weighted by atomic mass is 16.4. The lowest BCUT2D eigenvalue weighted by molar-refractivity contribution is -0.144. The van der Waals surface area contributed by atoms with Crippen LogP contribution in [0.3, 0.4) is 0 Å². The first-order chi connectivity index (χ1) is 8.82. The Morgan fingerprint density at radius 1 is 1.16 bits per heavy atom. The molecule has 1 aromatic carbocycles. The fourth-order valence-electron chi connectivity index (χ4n) is 2.27. The van der Waals surface area contributed by atoms with Crippen molar-refractivity contribution in [1.82, 2.24) is 4.90 Å². The van der Waals surface area contributed by atoms with E-state index in [2.05, 4.69) is 0 Å². The van der Waals surface area contributed by atoms with Gasteiger partial charge in [-0.2, -0.15) is 0 Å². The van der Waals surface area contributed by atoms with Gasteiger partial charge in [-0.3, -0.25) is 9.69 Å². The third kappa shape index (κ3) is 4.24. The van der Waals surface area contributed by atoms with Crippen LogP contribution in [-0.4, -0.2) is 43.2 Å². The molecule has 0 aliphatic rings. The highest BCUT2D eigenvalue weighted by Crippen LogP contribution is 2.16. The monoisotopic (exact) mass is 264 g/mol. The Balaban J connectivity index is 2.75. The van der Waals surface area contributed by atoms with E-state index in [1.54, 1.807) is 0 Å². The molecule has 1 atom stereocenters. The minimum Gasteiger partial charge on any atom is -0.480 e. The minimum absolute atomic E-state index is 0.0866. The van der Waals surface area contributed by atoms with Gasteiger partial charge in [0.2, 0.25) is 0 Å². The van der Waals surface area contributed by atoms with Gasteiger partial charge in [-0.05, 0) is 30.7 Å². The first-order valence-corrected chi connectivity index (χ1v) is 6.52. The molecule has 1 unspecified atom stereocenters. The smallest absolute Gasteiger partial charge is 0.321 e. The first kappa shape index (κ1) is 15.5. The molecule has 4 heteroatoms. The lowest BCUT2D eigenvalue weighted by Crippen LogP contribution is -2.41. The fourth-order valence-corrected chi connectivity index (χ4v) is 2.27. The van der Waals surface area contributed by atoms with E-state index in [0.717, 1.165) is 11.3 Å². The largest absolute Gasteiger partial charge is 0.480 e. The predicted octanol–water partition coefficient (Wildman–Crippen LogP) is 2.29. The van der Waals surface area contributed by atoms with Crippen molar-refractivity contribution in [2.45, 2.75) is 26.4 Å². The number of carboxylic acids is 1. The molecule has 0 aliphatic carbocycles. The summed E-state index contributed by atoms with van der Waals surface area (Å²) in [5.74, 6) is -0.675. The molecule has 0 saturated carbocycles. The number of hydrogen-bond acceptors (Lipinski definition) is 3. The van der Waals surface area contributed by atoms with Gasteiger partial charge in [-0.15, -0.1) is 0 Å².